The predicted octanol–water partition coefficient (Wildman–Crippen LogP) is 1.55. The first-order valence-corrected chi connectivity index (χ1v) is 2.80. The van der Waals surface area contributed by atoms with E-state index in [0.717, 1.165) is 5.57 Å². The van der Waals surface area contributed by atoms with Gasteiger partial charge in [-0.1, -0.05) is 12.2 Å². The Balaban J connectivity index is 2.91. The van der Waals surface area contributed by atoms with Gasteiger partial charge in [0.25, 0.3) is 0 Å². The summed E-state index contributed by atoms with van der Waals surface area (Å²) in [5, 5.41) is 7.23. The number of nitrogens with one attached hydrogen (secondary N) is 1. The monoisotopic (exact) mass is 120 g/mol. The van der Waals surface area contributed by atoms with Crippen LogP contribution in [0.25, 0.3) is 0 Å². The Morgan fingerprint density at radius 2 is 2.44 bits per heavy atom. The third kappa shape index (κ3) is 1.13. The minimum atomic E-state index is 0.347. The lowest BCUT2D eigenvalue weighted by molar-refractivity contribution is 1.41. The summed E-state index contributed by atoms with van der Waals surface area (Å²) in [6.45, 7) is 1.90. The average molecular weight is 120 g/mol. The van der Waals surface area contributed by atoms with Gasteiger partial charge in [0.2, 0.25) is 0 Å². The van der Waals surface area contributed by atoms with Crippen LogP contribution in [0, 0.1) is 5.41 Å². The van der Waals surface area contributed by atoms with Crippen LogP contribution in [-0.4, -0.2) is 12.1 Å². The molecule has 0 saturated carbocycles. The number of nitrogens with zero attached hydrogens (tertiary/aromatic N) is 1. The molecule has 0 radical (unpaired) electrons. The van der Waals surface area contributed by atoms with Crippen LogP contribution in [0.5, 0.6) is 0 Å². The van der Waals surface area contributed by atoms with Gasteiger partial charge in [0.15, 0.2) is 5.84 Å². The zero-order chi connectivity index (χ0) is 6.69. The summed E-state index contributed by atoms with van der Waals surface area (Å²) in [6, 6.07) is 0. The lowest BCUT2D eigenvalue weighted by Crippen LogP contribution is -1.98. The third-order valence-corrected chi connectivity index (χ3v) is 1.15. The number of rotatable bonds is 0. The molecule has 0 aliphatic carbocycles. The molecule has 0 saturated heterocycles. The molecule has 1 heterocycles. The van der Waals surface area contributed by atoms with Gasteiger partial charge in [-0.05, 0) is 13.0 Å². The molecule has 0 aromatic rings. The molecule has 0 fully saturated rings. The van der Waals surface area contributed by atoms with E-state index in [0.29, 0.717) is 5.84 Å². The van der Waals surface area contributed by atoms with Crippen LogP contribution < -0.4 is 0 Å². The summed E-state index contributed by atoms with van der Waals surface area (Å²) < 4.78 is 0. The fraction of sp³-hybridized carbons (Fsp3) is 0.143. The van der Waals surface area contributed by atoms with E-state index in [9.17, 15) is 0 Å². The van der Waals surface area contributed by atoms with Crippen molar-refractivity contribution in [3.05, 3.63) is 23.8 Å². The fourth-order valence-corrected chi connectivity index (χ4v) is 0.651. The maximum atomic E-state index is 7.23. The summed E-state index contributed by atoms with van der Waals surface area (Å²) in [7, 11) is 0. The van der Waals surface area contributed by atoms with Crippen LogP contribution in [0.15, 0.2) is 28.8 Å². The zero-order valence-electron chi connectivity index (χ0n) is 5.26. The molecule has 0 atom stereocenters. The average Bonchev–Trinajstić information content (AvgIpc) is 1.89. The van der Waals surface area contributed by atoms with Crippen molar-refractivity contribution < 1.29 is 0 Å². The van der Waals surface area contributed by atoms with E-state index >= 15 is 0 Å². The summed E-state index contributed by atoms with van der Waals surface area (Å²) in [5.41, 5.74) is 0.887. The molecule has 1 aliphatic heterocycles. The molecule has 0 aromatic carbocycles. The van der Waals surface area contributed by atoms with Crippen LogP contribution in [0.1, 0.15) is 6.92 Å². The second-order valence-corrected chi connectivity index (χ2v) is 1.73. The molecule has 0 aromatic heterocycles. The van der Waals surface area contributed by atoms with Gasteiger partial charge in [0, 0.05) is 11.8 Å². The Kier molecular flexibility index (Phi) is 1.58. The third-order valence-electron chi connectivity index (χ3n) is 1.15. The first-order chi connectivity index (χ1) is 4.34. The van der Waals surface area contributed by atoms with Gasteiger partial charge < -0.3 is 0 Å². The molecule has 46 valence electrons. The lowest BCUT2D eigenvalue weighted by atomic mass is 10.2. The van der Waals surface area contributed by atoms with E-state index < -0.39 is 0 Å². The zero-order valence-corrected chi connectivity index (χ0v) is 5.26. The number of aliphatic imine (C=N–C) groups is 1. The minimum absolute atomic E-state index is 0.347. The van der Waals surface area contributed by atoms with Crippen LogP contribution in [0.2, 0.25) is 0 Å². The van der Waals surface area contributed by atoms with Crippen molar-refractivity contribution in [3.8, 4) is 0 Å². The fourth-order valence-electron chi connectivity index (χ4n) is 0.651. The van der Waals surface area contributed by atoms with Gasteiger partial charge >= 0.3 is 0 Å². The summed E-state index contributed by atoms with van der Waals surface area (Å²) >= 11 is 0. The molecule has 1 rings (SSSR count). The summed E-state index contributed by atoms with van der Waals surface area (Å²) in [4.78, 5) is 3.79. The number of allylic oxidation sites excluding steroid dienone is 2. The molecule has 9 heavy (non-hydrogen) atoms. The first-order valence-electron chi connectivity index (χ1n) is 2.80. The topological polar surface area (TPSA) is 36.2 Å². The Hall–Kier alpha value is -1.18. The van der Waals surface area contributed by atoms with Gasteiger partial charge in [-0.15, -0.1) is 0 Å². The Morgan fingerprint density at radius 1 is 1.67 bits per heavy atom. The van der Waals surface area contributed by atoms with Gasteiger partial charge in [-0.25, -0.2) is 4.99 Å². The predicted molar refractivity (Wildman–Crippen MR) is 39.1 cm³/mol. The quantitative estimate of drug-likeness (QED) is 0.503. The van der Waals surface area contributed by atoms with Crippen LogP contribution in [-0.2, 0) is 0 Å². The highest BCUT2D eigenvalue weighted by Crippen LogP contribution is 2.02. The minimum Gasteiger partial charge on any atom is -0.282 e. The molecule has 0 amide bonds. The van der Waals surface area contributed by atoms with Crippen molar-refractivity contribution in [1.29, 1.82) is 5.41 Å². The van der Waals surface area contributed by atoms with Crippen molar-refractivity contribution in [2.75, 3.05) is 0 Å². The van der Waals surface area contributed by atoms with E-state index in [2.05, 4.69) is 4.99 Å². The van der Waals surface area contributed by atoms with E-state index in [1.165, 1.54) is 0 Å². The standard InChI is InChI=1S/C7H8N2/c1-2-6-4-3-5-9-7(6)8/h2-5,8H,1H3/b6-2-,8-7?. The Labute approximate surface area is 54.1 Å². The normalized spacial score (nSPS) is 21.4. The lowest BCUT2D eigenvalue weighted by Gasteiger charge is -1.99. The van der Waals surface area contributed by atoms with Crippen LogP contribution in [0.3, 0.4) is 0 Å². The largest absolute Gasteiger partial charge is 0.282 e. The molecule has 0 bridgehead atoms. The van der Waals surface area contributed by atoms with Crippen molar-refractivity contribution in [2.24, 2.45) is 4.99 Å². The molecule has 0 unspecified atom stereocenters. The molecule has 0 spiro atoms. The van der Waals surface area contributed by atoms with E-state index in [4.69, 9.17) is 5.41 Å². The number of amidine groups is 1. The molecule has 1 N–H and O–H groups in total. The van der Waals surface area contributed by atoms with E-state index in [1.807, 2.05) is 25.2 Å². The highest BCUT2D eigenvalue weighted by Gasteiger charge is 1.98. The molecule has 2 heteroatoms. The maximum Gasteiger partial charge on any atom is 0.151 e. The molecule has 1 aliphatic rings. The summed E-state index contributed by atoms with van der Waals surface area (Å²) in [5.74, 6) is 0.347. The van der Waals surface area contributed by atoms with Crippen LogP contribution in [0.4, 0.5) is 0 Å². The second-order valence-electron chi connectivity index (χ2n) is 1.73. The number of hydrogen-bond donors (Lipinski definition) is 1. The van der Waals surface area contributed by atoms with E-state index in [1.54, 1.807) is 6.21 Å². The maximum absolute atomic E-state index is 7.23. The number of dihydropyridines is 1. The van der Waals surface area contributed by atoms with Gasteiger partial charge in [-0.3, -0.25) is 5.41 Å². The Bertz CT molecular complexity index is 209. The SMILES string of the molecule is C/C=C1/C=CC=NC1=N. The highest BCUT2D eigenvalue weighted by atomic mass is 14.8. The molecular formula is C7H8N2. The highest BCUT2D eigenvalue weighted by molar-refractivity contribution is 6.06. The Morgan fingerprint density at radius 3 is 2.89 bits per heavy atom. The first kappa shape index (κ1) is 5.95. The van der Waals surface area contributed by atoms with Crippen molar-refractivity contribution in [2.45, 2.75) is 6.92 Å². The van der Waals surface area contributed by atoms with Gasteiger partial charge in [0.05, 0.1) is 0 Å². The number of hydrogen-bond acceptors (Lipinski definition) is 1. The smallest absolute Gasteiger partial charge is 0.151 e. The van der Waals surface area contributed by atoms with Crippen molar-refractivity contribution in [3.63, 3.8) is 0 Å². The van der Waals surface area contributed by atoms with Crippen LogP contribution >= 0.6 is 0 Å². The van der Waals surface area contributed by atoms with Crippen molar-refractivity contribution >= 4 is 12.1 Å². The summed E-state index contributed by atoms with van der Waals surface area (Å²) in [6.07, 6.45) is 7.19. The molecule has 2 nitrogen and oxygen atoms in total. The van der Waals surface area contributed by atoms with Gasteiger partial charge in [-0.2, -0.15) is 0 Å². The van der Waals surface area contributed by atoms with Crippen molar-refractivity contribution in [1.82, 2.24) is 0 Å². The van der Waals surface area contributed by atoms with Gasteiger partial charge in [0.1, 0.15) is 0 Å². The molecular weight excluding hydrogens is 112 g/mol. The second kappa shape index (κ2) is 2.40. The van der Waals surface area contributed by atoms with E-state index in [-0.39, 0.29) is 0 Å².